The smallest absolute Gasteiger partial charge is 0.240 e. The number of carbonyl (C=O) groups is 1. The molecule has 0 fully saturated rings. The maximum absolute atomic E-state index is 11.8. The van der Waals surface area contributed by atoms with Gasteiger partial charge in [0.05, 0.1) is 12.5 Å². The molecule has 0 bridgehead atoms. The van der Waals surface area contributed by atoms with Crippen LogP contribution >= 0.6 is 12.6 Å². The van der Waals surface area contributed by atoms with Gasteiger partial charge in [-0.1, -0.05) is 12.1 Å². The molecule has 3 aromatic rings. The van der Waals surface area contributed by atoms with E-state index in [1.165, 1.54) is 6.33 Å². The van der Waals surface area contributed by atoms with Gasteiger partial charge in [-0.3, -0.25) is 4.79 Å². The first-order chi connectivity index (χ1) is 10.1. The quantitative estimate of drug-likeness (QED) is 0.713. The first-order valence-corrected chi connectivity index (χ1v) is 6.79. The fraction of sp³-hybridized carbons (Fsp3) is 0.143. The van der Waals surface area contributed by atoms with Crippen LogP contribution in [0.5, 0.6) is 0 Å². The van der Waals surface area contributed by atoms with Crippen LogP contribution in [0.4, 0.5) is 0 Å². The molecule has 2 N–H and O–H groups in total. The molecule has 3 rings (SSSR count). The van der Waals surface area contributed by atoms with Crippen LogP contribution in [0.3, 0.4) is 0 Å². The molecule has 0 aliphatic carbocycles. The van der Waals surface area contributed by atoms with E-state index in [9.17, 15) is 4.79 Å². The molecule has 0 saturated heterocycles. The summed E-state index contributed by atoms with van der Waals surface area (Å²) in [5.74, 6) is -0.428. The van der Waals surface area contributed by atoms with Crippen LogP contribution in [0.15, 0.2) is 48.0 Å². The number of aromatic nitrogens is 4. The molecule has 1 amide bonds. The monoisotopic (exact) mass is 299 g/mol. The van der Waals surface area contributed by atoms with E-state index < -0.39 is 11.9 Å². The molecule has 0 aliphatic rings. The number of hydrogen-bond donors (Lipinski definition) is 2. The highest BCUT2D eigenvalue weighted by Gasteiger charge is 2.20. The SMILES string of the molecule is NC(=O)C(Cc1ccc(S)cc1)n1cnc2cncnc21. The third kappa shape index (κ3) is 2.73. The maximum atomic E-state index is 11.8. The van der Waals surface area contributed by atoms with Crippen LogP contribution in [0.2, 0.25) is 0 Å². The zero-order chi connectivity index (χ0) is 14.8. The number of fused-ring (bicyclic) bond motifs is 1. The van der Waals surface area contributed by atoms with Gasteiger partial charge in [-0.15, -0.1) is 12.6 Å². The van der Waals surface area contributed by atoms with Gasteiger partial charge in [-0.05, 0) is 17.7 Å². The van der Waals surface area contributed by atoms with Gasteiger partial charge in [-0.25, -0.2) is 15.0 Å². The van der Waals surface area contributed by atoms with E-state index in [0.29, 0.717) is 17.6 Å². The van der Waals surface area contributed by atoms with E-state index in [-0.39, 0.29) is 0 Å². The predicted molar refractivity (Wildman–Crippen MR) is 81.0 cm³/mol. The molecule has 21 heavy (non-hydrogen) atoms. The second-order valence-corrected chi connectivity index (χ2v) is 5.19. The topological polar surface area (TPSA) is 86.7 Å². The maximum Gasteiger partial charge on any atom is 0.240 e. The van der Waals surface area contributed by atoms with Crippen molar-refractivity contribution < 1.29 is 4.79 Å². The van der Waals surface area contributed by atoms with Crippen LogP contribution in [0.1, 0.15) is 11.6 Å². The van der Waals surface area contributed by atoms with Gasteiger partial charge in [0.2, 0.25) is 5.91 Å². The fourth-order valence-corrected chi connectivity index (χ4v) is 2.35. The number of nitrogens with two attached hydrogens (primary N) is 1. The third-order valence-corrected chi connectivity index (χ3v) is 3.57. The summed E-state index contributed by atoms with van der Waals surface area (Å²) in [6.45, 7) is 0. The van der Waals surface area contributed by atoms with Crippen LogP contribution in [-0.2, 0) is 11.2 Å². The van der Waals surface area contributed by atoms with Crippen molar-refractivity contribution in [1.29, 1.82) is 0 Å². The van der Waals surface area contributed by atoms with Crippen molar-refractivity contribution in [2.45, 2.75) is 17.4 Å². The molecule has 7 heteroatoms. The summed E-state index contributed by atoms with van der Waals surface area (Å²) in [6.07, 6.45) is 5.07. The van der Waals surface area contributed by atoms with Crippen molar-refractivity contribution >= 4 is 29.7 Å². The molecular weight excluding hydrogens is 286 g/mol. The number of amides is 1. The second kappa shape index (κ2) is 5.53. The molecule has 1 aromatic carbocycles. The summed E-state index contributed by atoms with van der Waals surface area (Å²) in [4.78, 5) is 25.0. The lowest BCUT2D eigenvalue weighted by molar-refractivity contribution is -0.121. The van der Waals surface area contributed by atoms with Gasteiger partial charge >= 0.3 is 0 Å². The summed E-state index contributed by atoms with van der Waals surface area (Å²) < 4.78 is 1.69. The van der Waals surface area contributed by atoms with E-state index in [4.69, 9.17) is 5.73 Å². The van der Waals surface area contributed by atoms with Crippen molar-refractivity contribution in [3.05, 3.63) is 48.7 Å². The number of carbonyl (C=O) groups excluding carboxylic acids is 1. The average Bonchev–Trinajstić information content (AvgIpc) is 2.90. The Morgan fingerprint density at radius 2 is 2.05 bits per heavy atom. The predicted octanol–water partition coefficient (Wildman–Crippen LogP) is 1.38. The number of rotatable bonds is 4. The van der Waals surface area contributed by atoms with Gasteiger partial charge in [-0.2, -0.15) is 0 Å². The van der Waals surface area contributed by atoms with E-state index in [2.05, 4.69) is 27.6 Å². The second-order valence-electron chi connectivity index (χ2n) is 4.67. The van der Waals surface area contributed by atoms with Crippen LogP contribution < -0.4 is 5.73 Å². The Balaban J connectivity index is 1.98. The molecule has 0 radical (unpaired) electrons. The van der Waals surface area contributed by atoms with Crippen LogP contribution in [0, 0.1) is 0 Å². The van der Waals surface area contributed by atoms with Gasteiger partial charge < -0.3 is 10.3 Å². The van der Waals surface area contributed by atoms with E-state index >= 15 is 0 Å². The zero-order valence-corrected chi connectivity index (χ0v) is 11.9. The standard InChI is InChI=1S/C14H13N5OS/c15-13(20)12(5-9-1-3-10(21)4-2-9)19-8-18-11-6-16-7-17-14(11)19/h1-4,6-8,12,21H,5H2,(H2,15,20). The Morgan fingerprint density at radius 3 is 2.76 bits per heavy atom. The number of imidazole rings is 1. The highest BCUT2D eigenvalue weighted by atomic mass is 32.1. The summed E-state index contributed by atoms with van der Waals surface area (Å²) in [7, 11) is 0. The van der Waals surface area contributed by atoms with E-state index in [1.54, 1.807) is 17.1 Å². The van der Waals surface area contributed by atoms with E-state index in [0.717, 1.165) is 10.5 Å². The first kappa shape index (κ1) is 13.6. The lowest BCUT2D eigenvalue weighted by atomic mass is 10.1. The third-order valence-electron chi connectivity index (χ3n) is 3.27. The van der Waals surface area contributed by atoms with Gasteiger partial charge in [0.25, 0.3) is 0 Å². The van der Waals surface area contributed by atoms with Crippen LogP contribution in [0.25, 0.3) is 11.2 Å². The minimum atomic E-state index is -0.546. The summed E-state index contributed by atoms with van der Waals surface area (Å²) in [5, 5.41) is 0. The minimum Gasteiger partial charge on any atom is -0.368 e. The summed E-state index contributed by atoms with van der Waals surface area (Å²) in [6, 6.07) is 7.06. The van der Waals surface area contributed by atoms with Gasteiger partial charge in [0.1, 0.15) is 17.9 Å². The lowest BCUT2D eigenvalue weighted by Gasteiger charge is -2.15. The fourth-order valence-electron chi connectivity index (χ4n) is 2.20. The van der Waals surface area contributed by atoms with Gasteiger partial charge in [0, 0.05) is 11.3 Å². The molecule has 0 spiro atoms. The number of nitrogens with zero attached hydrogens (tertiary/aromatic N) is 4. The Morgan fingerprint density at radius 1 is 1.29 bits per heavy atom. The molecular formula is C14H13N5OS. The normalized spacial score (nSPS) is 12.4. The summed E-state index contributed by atoms with van der Waals surface area (Å²) in [5.41, 5.74) is 7.77. The van der Waals surface area contributed by atoms with Crippen molar-refractivity contribution in [3.63, 3.8) is 0 Å². The van der Waals surface area contributed by atoms with Crippen molar-refractivity contribution in [2.75, 3.05) is 0 Å². The molecule has 1 atom stereocenters. The Hall–Kier alpha value is -2.41. The summed E-state index contributed by atoms with van der Waals surface area (Å²) >= 11 is 4.25. The number of benzene rings is 1. The van der Waals surface area contributed by atoms with Crippen molar-refractivity contribution in [2.24, 2.45) is 5.73 Å². The van der Waals surface area contributed by atoms with Crippen molar-refractivity contribution in [1.82, 2.24) is 19.5 Å². The molecule has 2 aromatic heterocycles. The molecule has 0 saturated carbocycles. The Bertz CT molecular complexity index is 783. The molecule has 6 nitrogen and oxygen atoms in total. The number of hydrogen-bond acceptors (Lipinski definition) is 5. The van der Waals surface area contributed by atoms with Crippen molar-refractivity contribution in [3.8, 4) is 0 Å². The highest BCUT2D eigenvalue weighted by Crippen LogP contribution is 2.20. The highest BCUT2D eigenvalue weighted by molar-refractivity contribution is 7.80. The average molecular weight is 299 g/mol. The molecule has 0 aliphatic heterocycles. The lowest BCUT2D eigenvalue weighted by Crippen LogP contribution is -2.28. The number of thiol groups is 1. The van der Waals surface area contributed by atoms with E-state index in [1.807, 2.05) is 24.3 Å². The largest absolute Gasteiger partial charge is 0.368 e. The first-order valence-electron chi connectivity index (χ1n) is 6.35. The Kier molecular flexibility index (Phi) is 3.57. The zero-order valence-electron chi connectivity index (χ0n) is 11.0. The molecule has 1 unspecified atom stereocenters. The van der Waals surface area contributed by atoms with Gasteiger partial charge in [0.15, 0.2) is 5.65 Å². The number of primary amides is 1. The molecule has 106 valence electrons. The van der Waals surface area contributed by atoms with Crippen LogP contribution in [-0.4, -0.2) is 25.4 Å². The Labute approximate surface area is 126 Å². The minimum absolute atomic E-state index is 0.428. The molecule has 2 heterocycles.